The van der Waals surface area contributed by atoms with E-state index in [0.717, 1.165) is 0 Å². The maximum Gasteiger partial charge on any atom is 0.0154 e. The molecule has 200 valence electrons. The molecule has 0 aromatic rings. The lowest BCUT2D eigenvalue weighted by molar-refractivity contribution is 0.302. The summed E-state index contributed by atoms with van der Waals surface area (Å²) >= 11 is 0. The lowest BCUT2D eigenvalue weighted by atomic mass is 9.82. The highest BCUT2D eigenvalue weighted by molar-refractivity contribution is 4.84. The fourth-order valence-electron chi connectivity index (χ4n) is 5.38. The second-order valence-electron chi connectivity index (χ2n) is 11.4. The number of nitrogens with two attached hydrogens (primary N) is 1. The molecule has 0 atom stereocenters. The molecule has 1 heteroatoms. The van der Waals surface area contributed by atoms with Gasteiger partial charge in [-0.15, -0.1) is 0 Å². The smallest absolute Gasteiger partial charge is 0.0154 e. The standard InChI is InChI=1S/C32H67N/c1-4-7-10-13-15-17-19-21-24-27-30-32(33,29-26-23-12-9-6-3)31-28-25-22-20-18-16-14-11-8-5-2/h4-31,33H2,1-3H3. The largest absolute Gasteiger partial charge is 0.325 e. The lowest BCUT2D eigenvalue weighted by Crippen LogP contribution is -2.39. The SMILES string of the molecule is CCCCCCCCCCCCC(N)(CCCCCCC)CCCCCCCCCCCC. The van der Waals surface area contributed by atoms with Crippen molar-refractivity contribution in [2.75, 3.05) is 0 Å². The fourth-order valence-corrected chi connectivity index (χ4v) is 5.38. The Morgan fingerprint density at radius 2 is 0.485 bits per heavy atom. The van der Waals surface area contributed by atoms with Crippen molar-refractivity contribution in [3.05, 3.63) is 0 Å². The summed E-state index contributed by atoms with van der Waals surface area (Å²) in [6, 6.07) is 0. The van der Waals surface area contributed by atoms with Crippen molar-refractivity contribution in [3.8, 4) is 0 Å². The van der Waals surface area contributed by atoms with E-state index in [4.69, 9.17) is 5.73 Å². The van der Waals surface area contributed by atoms with Crippen molar-refractivity contribution in [2.24, 2.45) is 5.73 Å². The fraction of sp³-hybridized carbons (Fsp3) is 1.00. The molecule has 0 spiro atoms. The van der Waals surface area contributed by atoms with E-state index in [1.165, 1.54) is 180 Å². The van der Waals surface area contributed by atoms with E-state index < -0.39 is 0 Å². The Bertz CT molecular complexity index is 326. The zero-order valence-electron chi connectivity index (χ0n) is 23.9. The molecule has 0 aromatic carbocycles. The first-order valence-corrected chi connectivity index (χ1v) is 16.0. The molecular formula is C32H67N. The van der Waals surface area contributed by atoms with E-state index >= 15 is 0 Å². The molecule has 0 amide bonds. The van der Waals surface area contributed by atoms with Gasteiger partial charge < -0.3 is 5.73 Å². The molecule has 2 N–H and O–H groups in total. The average molecular weight is 466 g/mol. The van der Waals surface area contributed by atoms with Crippen LogP contribution < -0.4 is 5.73 Å². The van der Waals surface area contributed by atoms with Crippen LogP contribution in [0, 0.1) is 0 Å². The Morgan fingerprint density at radius 3 is 0.697 bits per heavy atom. The minimum atomic E-state index is 0.131. The predicted octanol–water partition coefficient (Wildman–Crippen LogP) is 11.7. The summed E-state index contributed by atoms with van der Waals surface area (Å²) in [4.78, 5) is 0. The molecule has 0 aliphatic carbocycles. The van der Waals surface area contributed by atoms with E-state index in [9.17, 15) is 0 Å². The summed E-state index contributed by atoms with van der Waals surface area (Å²) in [5.74, 6) is 0. The van der Waals surface area contributed by atoms with Crippen molar-refractivity contribution in [3.63, 3.8) is 0 Å². The molecule has 0 aliphatic heterocycles. The van der Waals surface area contributed by atoms with Gasteiger partial charge in [0.2, 0.25) is 0 Å². The summed E-state index contributed by atoms with van der Waals surface area (Å²) in [5, 5.41) is 0. The third-order valence-corrected chi connectivity index (χ3v) is 7.83. The van der Waals surface area contributed by atoms with Crippen LogP contribution in [-0.4, -0.2) is 5.54 Å². The van der Waals surface area contributed by atoms with Gasteiger partial charge in [0, 0.05) is 5.54 Å². The molecule has 0 unspecified atom stereocenters. The third-order valence-electron chi connectivity index (χ3n) is 7.83. The highest BCUT2D eigenvalue weighted by Crippen LogP contribution is 2.27. The summed E-state index contributed by atoms with van der Waals surface area (Å²) in [7, 11) is 0. The number of hydrogen-bond donors (Lipinski definition) is 1. The summed E-state index contributed by atoms with van der Waals surface area (Å²) in [5.41, 5.74) is 7.16. The van der Waals surface area contributed by atoms with Gasteiger partial charge in [0.05, 0.1) is 0 Å². The quantitative estimate of drug-likeness (QED) is 0.114. The highest BCUT2D eigenvalue weighted by Gasteiger charge is 2.23. The van der Waals surface area contributed by atoms with Gasteiger partial charge in [-0.1, -0.05) is 181 Å². The Kier molecular flexibility index (Phi) is 26.5. The van der Waals surface area contributed by atoms with E-state index in [-0.39, 0.29) is 5.54 Å². The van der Waals surface area contributed by atoms with Crippen LogP contribution in [-0.2, 0) is 0 Å². The minimum Gasteiger partial charge on any atom is -0.325 e. The molecule has 33 heavy (non-hydrogen) atoms. The van der Waals surface area contributed by atoms with Gasteiger partial charge in [-0.3, -0.25) is 0 Å². The van der Waals surface area contributed by atoms with E-state index in [2.05, 4.69) is 20.8 Å². The van der Waals surface area contributed by atoms with Crippen molar-refractivity contribution in [1.29, 1.82) is 0 Å². The van der Waals surface area contributed by atoms with Crippen molar-refractivity contribution >= 4 is 0 Å². The molecule has 0 aliphatic rings. The topological polar surface area (TPSA) is 26.0 Å². The van der Waals surface area contributed by atoms with Crippen molar-refractivity contribution in [2.45, 2.75) is 206 Å². The average Bonchev–Trinajstić information content (AvgIpc) is 2.81. The molecule has 0 bridgehead atoms. The molecule has 0 radical (unpaired) electrons. The summed E-state index contributed by atoms with van der Waals surface area (Å²) < 4.78 is 0. The maximum absolute atomic E-state index is 7.03. The number of rotatable bonds is 28. The molecular weight excluding hydrogens is 398 g/mol. The molecule has 0 aromatic heterocycles. The first-order chi connectivity index (χ1) is 16.2. The van der Waals surface area contributed by atoms with Crippen LogP contribution in [0.2, 0.25) is 0 Å². The van der Waals surface area contributed by atoms with Gasteiger partial charge in [-0.05, 0) is 19.3 Å². The zero-order chi connectivity index (χ0) is 24.3. The summed E-state index contributed by atoms with van der Waals surface area (Å²) in [6.07, 6.45) is 39.2. The Balaban J connectivity index is 3.94. The molecule has 0 fully saturated rings. The Labute approximate surface area is 211 Å². The monoisotopic (exact) mass is 466 g/mol. The molecule has 0 saturated carbocycles. The lowest BCUT2D eigenvalue weighted by Gasteiger charge is -2.30. The van der Waals surface area contributed by atoms with Crippen molar-refractivity contribution < 1.29 is 0 Å². The van der Waals surface area contributed by atoms with E-state index in [1.54, 1.807) is 0 Å². The molecule has 0 rings (SSSR count). The normalized spacial score (nSPS) is 12.0. The van der Waals surface area contributed by atoms with Gasteiger partial charge in [-0.2, -0.15) is 0 Å². The van der Waals surface area contributed by atoms with Crippen LogP contribution in [0.1, 0.15) is 201 Å². The van der Waals surface area contributed by atoms with Gasteiger partial charge in [0.15, 0.2) is 0 Å². The maximum atomic E-state index is 7.03. The van der Waals surface area contributed by atoms with E-state index in [1.807, 2.05) is 0 Å². The van der Waals surface area contributed by atoms with Gasteiger partial charge >= 0.3 is 0 Å². The van der Waals surface area contributed by atoms with Crippen LogP contribution in [0.3, 0.4) is 0 Å². The summed E-state index contributed by atoms with van der Waals surface area (Å²) in [6.45, 7) is 6.92. The number of hydrogen-bond acceptors (Lipinski definition) is 1. The van der Waals surface area contributed by atoms with Crippen LogP contribution in [0.25, 0.3) is 0 Å². The van der Waals surface area contributed by atoms with E-state index in [0.29, 0.717) is 0 Å². The molecule has 1 nitrogen and oxygen atoms in total. The van der Waals surface area contributed by atoms with Gasteiger partial charge in [0.1, 0.15) is 0 Å². The van der Waals surface area contributed by atoms with Crippen LogP contribution in [0.15, 0.2) is 0 Å². The van der Waals surface area contributed by atoms with Crippen molar-refractivity contribution in [1.82, 2.24) is 0 Å². The third kappa shape index (κ3) is 24.9. The first kappa shape index (κ1) is 33.0. The highest BCUT2D eigenvalue weighted by atomic mass is 14.7. The van der Waals surface area contributed by atoms with Crippen LogP contribution >= 0.6 is 0 Å². The second kappa shape index (κ2) is 26.6. The molecule has 0 saturated heterocycles. The molecule has 0 heterocycles. The van der Waals surface area contributed by atoms with Crippen LogP contribution in [0.4, 0.5) is 0 Å². The minimum absolute atomic E-state index is 0.131. The van der Waals surface area contributed by atoms with Crippen LogP contribution in [0.5, 0.6) is 0 Å². The van der Waals surface area contributed by atoms with Gasteiger partial charge in [-0.25, -0.2) is 0 Å². The Hall–Kier alpha value is -0.0400. The predicted molar refractivity (Wildman–Crippen MR) is 153 cm³/mol. The Morgan fingerprint density at radius 1 is 0.303 bits per heavy atom. The second-order valence-corrected chi connectivity index (χ2v) is 11.4. The zero-order valence-corrected chi connectivity index (χ0v) is 23.9. The first-order valence-electron chi connectivity index (χ1n) is 16.0. The number of unbranched alkanes of at least 4 members (excludes halogenated alkanes) is 22. The van der Waals surface area contributed by atoms with Gasteiger partial charge in [0.25, 0.3) is 0 Å².